The van der Waals surface area contributed by atoms with E-state index in [1.807, 2.05) is 49.4 Å². The van der Waals surface area contributed by atoms with Crippen LogP contribution < -0.4 is 4.90 Å². The minimum atomic E-state index is 0.0387. The van der Waals surface area contributed by atoms with Crippen molar-refractivity contribution in [3.63, 3.8) is 0 Å². The van der Waals surface area contributed by atoms with Gasteiger partial charge < -0.3 is 4.90 Å². The molecule has 1 aliphatic rings. The van der Waals surface area contributed by atoms with Crippen LogP contribution in [0.5, 0.6) is 0 Å². The number of rotatable bonds is 4. The van der Waals surface area contributed by atoms with Gasteiger partial charge >= 0.3 is 0 Å². The minimum Gasteiger partial charge on any atom is -0.354 e. The quantitative estimate of drug-likeness (QED) is 0.810. The molecule has 0 N–H and O–H groups in total. The van der Waals surface area contributed by atoms with Crippen LogP contribution in [0.3, 0.4) is 0 Å². The molecule has 126 valence electrons. The Morgan fingerprint density at radius 1 is 1.00 bits per heavy atom. The number of carbonyl (C=O) groups is 1. The van der Waals surface area contributed by atoms with Gasteiger partial charge in [0, 0.05) is 43.3 Å². The van der Waals surface area contributed by atoms with Gasteiger partial charge in [-0.25, -0.2) is 4.98 Å². The third-order valence-electron chi connectivity index (χ3n) is 4.72. The van der Waals surface area contributed by atoms with Crippen molar-refractivity contribution in [2.45, 2.75) is 26.8 Å². The van der Waals surface area contributed by atoms with Crippen molar-refractivity contribution in [1.29, 1.82) is 0 Å². The molecule has 0 atom stereocenters. The first-order valence-corrected chi connectivity index (χ1v) is 8.62. The highest BCUT2D eigenvalue weighted by Gasteiger charge is 2.21. The van der Waals surface area contributed by atoms with E-state index in [0.717, 1.165) is 37.7 Å². The van der Waals surface area contributed by atoms with Gasteiger partial charge in [-0.3, -0.25) is 9.69 Å². The highest BCUT2D eigenvalue weighted by molar-refractivity contribution is 6.09. The van der Waals surface area contributed by atoms with Gasteiger partial charge in [0.25, 0.3) is 0 Å². The summed E-state index contributed by atoms with van der Waals surface area (Å²) in [5.74, 6) is 1.01. The molecule has 0 aliphatic carbocycles. The molecule has 2 aromatic rings. The van der Waals surface area contributed by atoms with Crippen molar-refractivity contribution in [2.24, 2.45) is 0 Å². The number of piperazine rings is 1. The van der Waals surface area contributed by atoms with Crippen LogP contribution in [0.25, 0.3) is 0 Å². The Balaban J connectivity index is 1.75. The Hall–Kier alpha value is -2.20. The molecule has 2 heterocycles. The molecule has 1 aliphatic heterocycles. The number of aryl methyl sites for hydroxylation is 1. The van der Waals surface area contributed by atoms with Crippen molar-refractivity contribution in [3.8, 4) is 0 Å². The van der Waals surface area contributed by atoms with Gasteiger partial charge in [-0.1, -0.05) is 30.3 Å². The molecular weight excluding hydrogens is 298 g/mol. The van der Waals surface area contributed by atoms with Crippen LogP contribution in [0, 0.1) is 6.92 Å². The van der Waals surface area contributed by atoms with Crippen molar-refractivity contribution >= 4 is 11.6 Å². The molecule has 3 rings (SSSR count). The van der Waals surface area contributed by atoms with E-state index in [4.69, 9.17) is 4.98 Å². The van der Waals surface area contributed by atoms with E-state index >= 15 is 0 Å². The van der Waals surface area contributed by atoms with Gasteiger partial charge in [-0.2, -0.15) is 0 Å². The van der Waals surface area contributed by atoms with Gasteiger partial charge in [0.15, 0.2) is 5.78 Å². The summed E-state index contributed by atoms with van der Waals surface area (Å²) in [4.78, 5) is 22.1. The molecule has 1 aromatic heterocycles. The first-order valence-electron chi connectivity index (χ1n) is 8.62. The predicted molar refractivity (Wildman–Crippen MR) is 97.8 cm³/mol. The maximum atomic E-state index is 12.6. The van der Waals surface area contributed by atoms with E-state index in [0.29, 0.717) is 17.2 Å². The molecule has 0 radical (unpaired) electrons. The molecule has 1 aromatic carbocycles. The van der Waals surface area contributed by atoms with Gasteiger partial charge in [0.2, 0.25) is 0 Å². The van der Waals surface area contributed by atoms with Crippen LogP contribution in [-0.2, 0) is 0 Å². The number of benzene rings is 1. The largest absolute Gasteiger partial charge is 0.354 e. The predicted octanol–water partition coefficient (Wildman–Crippen LogP) is 3.15. The van der Waals surface area contributed by atoms with Gasteiger partial charge in [0.05, 0.1) is 5.69 Å². The Morgan fingerprint density at radius 2 is 1.67 bits per heavy atom. The van der Waals surface area contributed by atoms with E-state index < -0.39 is 0 Å². The van der Waals surface area contributed by atoms with Crippen molar-refractivity contribution in [2.75, 3.05) is 31.1 Å². The molecule has 0 spiro atoms. The van der Waals surface area contributed by atoms with Crippen molar-refractivity contribution in [3.05, 3.63) is 59.3 Å². The van der Waals surface area contributed by atoms with Crippen molar-refractivity contribution < 1.29 is 4.79 Å². The number of aromatic nitrogens is 1. The van der Waals surface area contributed by atoms with E-state index in [-0.39, 0.29) is 5.78 Å². The Labute approximate surface area is 144 Å². The molecule has 0 amide bonds. The monoisotopic (exact) mass is 323 g/mol. The second-order valence-corrected chi connectivity index (χ2v) is 6.61. The molecular formula is C20H25N3O. The average Bonchev–Trinajstić information content (AvgIpc) is 2.62. The molecule has 4 nitrogen and oxygen atoms in total. The zero-order valence-corrected chi connectivity index (χ0v) is 14.7. The average molecular weight is 323 g/mol. The number of hydrogen-bond donors (Lipinski definition) is 0. The lowest BCUT2D eigenvalue weighted by molar-refractivity contribution is 0.103. The normalized spacial score (nSPS) is 15.8. The standard InChI is InChI=1S/C20H25N3O/c1-15(2)22-11-13-23(14-12-22)19-10-9-18(16(3)21-19)20(24)17-7-5-4-6-8-17/h4-10,15H,11-14H2,1-3H3. The summed E-state index contributed by atoms with van der Waals surface area (Å²) in [6.07, 6.45) is 0. The van der Waals surface area contributed by atoms with E-state index in [1.165, 1.54) is 0 Å². The maximum Gasteiger partial charge on any atom is 0.194 e. The van der Waals surface area contributed by atoms with Crippen LogP contribution >= 0.6 is 0 Å². The number of anilines is 1. The fraction of sp³-hybridized carbons (Fsp3) is 0.400. The van der Waals surface area contributed by atoms with Crippen LogP contribution in [0.4, 0.5) is 5.82 Å². The molecule has 1 saturated heterocycles. The van der Waals surface area contributed by atoms with E-state index in [9.17, 15) is 4.79 Å². The summed E-state index contributed by atoms with van der Waals surface area (Å²) in [5.41, 5.74) is 2.19. The SMILES string of the molecule is Cc1nc(N2CCN(C(C)C)CC2)ccc1C(=O)c1ccccc1. The van der Waals surface area contributed by atoms with Gasteiger partial charge in [-0.05, 0) is 32.9 Å². The summed E-state index contributed by atoms with van der Waals surface area (Å²) >= 11 is 0. The third kappa shape index (κ3) is 3.49. The molecule has 1 fully saturated rings. The first kappa shape index (κ1) is 16.7. The number of nitrogens with zero attached hydrogens (tertiary/aromatic N) is 3. The lowest BCUT2D eigenvalue weighted by Gasteiger charge is -2.37. The summed E-state index contributed by atoms with van der Waals surface area (Å²) in [6.45, 7) is 10.5. The zero-order valence-electron chi connectivity index (χ0n) is 14.7. The zero-order chi connectivity index (χ0) is 17.1. The van der Waals surface area contributed by atoms with E-state index in [1.54, 1.807) is 0 Å². The van der Waals surface area contributed by atoms with Crippen LogP contribution in [-0.4, -0.2) is 47.9 Å². The Kier molecular flexibility index (Phi) is 4.95. The number of pyridine rings is 1. The maximum absolute atomic E-state index is 12.6. The summed E-state index contributed by atoms with van der Waals surface area (Å²) in [6, 6.07) is 13.9. The van der Waals surface area contributed by atoms with Crippen molar-refractivity contribution in [1.82, 2.24) is 9.88 Å². The minimum absolute atomic E-state index is 0.0387. The summed E-state index contributed by atoms with van der Waals surface area (Å²) < 4.78 is 0. The highest BCUT2D eigenvalue weighted by atomic mass is 16.1. The lowest BCUT2D eigenvalue weighted by Crippen LogP contribution is -2.49. The summed E-state index contributed by atoms with van der Waals surface area (Å²) in [7, 11) is 0. The number of carbonyl (C=O) groups excluding carboxylic acids is 1. The molecule has 0 unspecified atom stereocenters. The van der Waals surface area contributed by atoms with E-state index in [2.05, 4.69) is 23.6 Å². The topological polar surface area (TPSA) is 36.4 Å². The Morgan fingerprint density at radius 3 is 2.25 bits per heavy atom. The Bertz CT molecular complexity index is 704. The van der Waals surface area contributed by atoms with Gasteiger partial charge in [0.1, 0.15) is 5.82 Å². The fourth-order valence-electron chi connectivity index (χ4n) is 3.18. The summed E-state index contributed by atoms with van der Waals surface area (Å²) in [5, 5.41) is 0. The molecule has 4 heteroatoms. The lowest BCUT2D eigenvalue weighted by atomic mass is 10.0. The van der Waals surface area contributed by atoms with Crippen LogP contribution in [0.2, 0.25) is 0 Å². The fourth-order valence-corrected chi connectivity index (χ4v) is 3.18. The second kappa shape index (κ2) is 7.14. The highest BCUT2D eigenvalue weighted by Crippen LogP contribution is 2.19. The number of hydrogen-bond acceptors (Lipinski definition) is 4. The van der Waals surface area contributed by atoms with Crippen LogP contribution in [0.15, 0.2) is 42.5 Å². The van der Waals surface area contributed by atoms with Crippen LogP contribution in [0.1, 0.15) is 35.5 Å². The molecule has 0 saturated carbocycles. The molecule has 0 bridgehead atoms. The second-order valence-electron chi connectivity index (χ2n) is 6.61. The molecule has 24 heavy (non-hydrogen) atoms. The smallest absolute Gasteiger partial charge is 0.194 e. The van der Waals surface area contributed by atoms with Gasteiger partial charge in [-0.15, -0.1) is 0 Å². The number of ketones is 1. The third-order valence-corrected chi connectivity index (χ3v) is 4.72. The first-order chi connectivity index (χ1) is 11.6.